The number of ether oxygens (including phenoxy) is 1. The van der Waals surface area contributed by atoms with Crippen molar-refractivity contribution >= 4 is 11.8 Å². The minimum Gasteiger partial charge on any atom is -0.468 e. The number of esters is 1. The molecule has 0 aliphatic heterocycles. The van der Waals surface area contributed by atoms with Crippen molar-refractivity contribution in [2.24, 2.45) is 17.3 Å². The van der Waals surface area contributed by atoms with Crippen LogP contribution in [0.15, 0.2) is 12.1 Å². The molecule has 0 radical (unpaired) electrons. The maximum atomic E-state index is 12.8. The molecule has 0 aromatic heterocycles. The van der Waals surface area contributed by atoms with Crippen LogP contribution in [0.4, 0.5) is 0 Å². The van der Waals surface area contributed by atoms with Crippen LogP contribution in [0.25, 0.3) is 0 Å². The van der Waals surface area contributed by atoms with E-state index in [-0.39, 0.29) is 17.7 Å². The summed E-state index contributed by atoms with van der Waals surface area (Å²) in [5, 5.41) is 0. The van der Waals surface area contributed by atoms with E-state index in [0.717, 1.165) is 23.1 Å². The molecule has 0 saturated heterocycles. The van der Waals surface area contributed by atoms with Gasteiger partial charge in [0.2, 0.25) is 0 Å². The molecule has 4 atom stereocenters. The maximum Gasteiger partial charge on any atom is 0.319 e. The lowest BCUT2D eigenvalue weighted by atomic mass is 9.55. The minimum absolute atomic E-state index is 0.0718. The summed E-state index contributed by atoms with van der Waals surface area (Å²) in [5.41, 5.74) is 3.62. The van der Waals surface area contributed by atoms with Crippen LogP contribution < -0.4 is 0 Å². The van der Waals surface area contributed by atoms with E-state index >= 15 is 0 Å². The SMILES string of the molecule is COC(=O)C1(C(C)=O)CC(C)C(C)CC1c1c(C)cc(C)cc1C. The number of methoxy groups -OCH3 is 1. The van der Waals surface area contributed by atoms with E-state index in [1.165, 1.54) is 12.7 Å². The van der Waals surface area contributed by atoms with E-state index in [0.29, 0.717) is 18.3 Å². The average Bonchev–Trinajstić information content (AvgIpc) is 2.48. The number of hydrogen-bond acceptors (Lipinski definition) is 3. The molecule has 3 nitrogen and oxygen atoms in total. The Bertz CT molecular complexity index is 638. The van der Waals surface area contributed by atoms with Gasteiger partial charge in [-0.2, -0.15) is 0 Å². The van der Waals surface area contributed by atoms with Crippen molar-refractivity contribution in [3.63, 3.8) is 0 Å². The Morgan fingerprint density at radius 1 is 1.08 bits per heavy atom. The molecular formula is C21H30O3. The zero-order valence-corrected chi connectivity index (χ0v) is 16.0. The van der Waals surface area contributed by atoms with Crippen molar-refractivity contribution in [1.29, 1.82) is 0 Å². The van der Waals surface area contributed by atoms with E-state index < -0.39 is 5.41 Å². The van der Waals surface area contributed by atoms with Gasteiger partial charge in [0, 0.05) is 5.92 Å². The van der Waals surface area contributed by atoms with Crippen molar-refractivity contribution in [2.75, 3.05) is 7.11 Å². The second-order valence-corrected chi connectivity index (χ2v) is 7.78. The van der Waals surface area contributed by atoms with E-state index in [9.17, 15) is 9.59 Å². The second kappa shape index (κ2) is 6.70. The van der Waals surface area contributed by atoms with Gasteiger partial charge in [-0.1, -0.05) is 31.5 Å². The molecule has 1 aromatic carbocycles. The van der Waals surface area contributed by atoms with Crippen molar-refractivity contribution in [1.82, 2.24) is 0 Å². The molecule has 3 heteroatoms. The van der Waals surface area contributed by atoms with Gasteiger partial charge in [0.15, 0.2) is 0 Å². The molecule has 24 heavy (non-hydrogen) atoms. The van der Waals surface area contributed by atoms with E-state index in [1.54, 1.807) is 6.92 Å². The molecule has 4 unspecified atom stereocenters. The number of Topliss-reactive ketones (excluding diaryl/α,β-unsaturated/α-hetero) is 1. The first kappa shape index (κ1) is 18.7. The van der Waals surface area contributed by atoms with Gasteiger partial charge in [0.05, 0.1) is 7.11 Å². The van der Waals surface area contributed by atoms with Crippen molar-refractivity contribution in [3.05, 3.63) is 34.4 Å². The Kier molecular flexibility index (Phi) is 5.22. The largest absolute Gasteiger partial charge is 0.468 e. The topological polar surface area (TPSA) is 43.4 Å². The summed E-state index contributed by atoms with van der Waals surface area (Å²) in [7, 11) is 1.39. The monoisotopic (exact) mass is 330 g/mol. The molecule has 0 N–H and O–H groups in total. The summed E-state index contributed by atoms with van der Waals surface area (Å²) in [6, 6.07) is 4.29. The predicted octanol–water partition coefficient (Wildman–Crippen LogP) is 4.51. The van der Waals surface area contributed by atoms with Crippen LogP contribution in [0, 0.1) is 38.0 Å². The molecule has 0 heterocycles. The van der Waals surface area contributed by atoms with Gasteiger partial charge >= 0.3 is 5.97 Å². The summed E-state index contributed by atoms with van der Waals surface area (Å²) in [6.45, 7) is 12.1. The lowest BCUT2D eigenvalue weighted by Gasteiger charge is -2.46. The van der Waals surface area contributed by atoms with Gasteiger partial charge < -0.3 is 4.74 Å². The summed E-state index contributed by atoms with van der Waals surface area (Å²) >= 11 is 0. The van der Waals surface area contributed by atoms with Gasteiger partial charge in [-0.15, -0.1) is 0 Å². The number of benzene rings is 1. The first-order valence-electron chi connectivity index (χ1n) is 8.82. The highest BCUT2D eigenvalue weighted by Crippen LogP contribution is 2.54. The van der Waals surface area contributed by atoms with Gasteiger partial charge in [-0.25, -0.2) is 0 Å². The Hall–Kier alpha value is -1.64. The molecule has 132 valence electrons. The number of aryl methyl sites for hydroxylation is 3. The minimum atomic E-state index is -1.06. The average molecular weight is 330 g/mol. The van der Waals surface area contributed by atoms with Gasteiger partial charge in [0.1, 0.15) is 11.2 Å². The predicted molar refractivity (Wildman–Crippen MR) is 96.1 cm³/mol. The summed E-state index contributed by atoms with van der Waals surface area (Å²) in [5.74, 6) is 0.215. The van der Waals surface area contributed by atoms with Crippen molar-refractivity contribution in [2.45, 2.75) is 60.3 Å². The Morgan fingerprint density at radius 3 is 2.08 bits per heavy atom. The molecule has 1 aliphatic carbocycles. The van der Waals surface area contributed by atoms with Crippen molar-refractivity contribution < 1.29 is 14.3 Å². The Morgan fingerprint density at radius 2 is 1.62 bits per heavy atom. The first-order chi connectivity index (χ1) is 11.1. The molecular weight excluding hydrogens is 300 g/mol. The maximum absolute atomic E-state index is 12.8. The molecule has 1 aliphatic rings. The number of carbonyl (C=O) groups excluding carboxylic acids is 2. The van der Waals surface area contributed by atoms with E-state index in [4.69, 9.17) is 4.74 Å². The summed E-state index contributed by atoms with van der Waals surface area (Å²) < 4.78 is 5.13. The van der Waals surface area contributed by atoms with Crippen LogP contribution in [-0.2, 0) is 14.3 Å². The standard InChI is InChI=1S/C21H30O3/c1-12-8-14(3)19(15(4)9-12)18-10-13(2)16(5)11-21(18,17(6)22)20(23)24-7/h8-9,13,16,18H,10-11H2,1-7H3. The number of hydrogen-bond donors (Lipinski definition) is 0. The zero-order chi connectivity index (χ0) is 18.2. The van der Waals surface area contributed by atoms with Crippen LogP contribution in [0.3, 0.4) is 0 Å². The molecule has 0 spiro atoms. The quantitative estimate of drug-likeness (QED) is 0.605. The summed E-state index contributed by atoms with van der Waals surface area (Å²) in [4.78, 5) is 25.6. The van der Waals surface area contributed by atoms with Gasteiger partial charge in [-0.3, -0.25) is 9.59 Å². The van der Waals surface area contributed by atoms with Crippen LogP contribution in [0.1, 0.15) is 61.8 Å². The highest BCUT2D eigenvalue weighted by molar-refractivity contribution is 6.04. The molecule has 0 bridgehead atoms. The van der Waals surface area contributed by atoms with Crippen LogP contribution in [-0.4, -0.2) is 18.9 Å². The van der Waals surface area contributed by atoms with Crippen LogP contribution in [0.2, 0.25) is 0 Å². The fraction of sp³-hybridized carbons (Fsp3) is 0.619. The summed E-state index contributed by atoms with van der Waals surface area (Å²) in [6.07, 6.45) is 1.40. The zero-order valence-electron chi connectivity index (χ0n) is 16.0. The highest BCUT2D eigenvalue weighted by atomic mass is 16.5. The third-order valence-electron chi connectivity index (χ3n) is 6.08. The normalized spacial score (nSPS) is 30.0. The second-order valence-electron chi connectivity index (χ2n) is 7.78. The molecule has 1 aromatic rings. The lowest BCUT2D eigenvalue weighted by Crippen LogP contribution is -2.50. The molecule has 2 rings (SSSR count). The van der Waals surface area contributed by atoms with E-state index in [2.05, 4.69) is 46.8 Å². The number of carbonyl (C=O) groups is 2. The van der Waals surface area contributed by atoms with Crippen LogP contribution in [0.5, 0.6) is 0 Å². The number of ketones is 1. The fourth-order valence-corrected chi connectivity index (χ4v) is 4.70. The lowest BCUT2D eigenvalue weighted by molar-refractivity contribution is -0.163. The Labute approximate surface area is 145 Å². The van der Waals surface area contributed by atoms with Gasteiger partial charge in [-0.05, 0) is 69.1 Å². The third-order valence-corrected chi connectivity index (χ3v) is 6.08. The van der Waals surface area contributed by atoms with Crippen molar-refractivity contribution in [3.8, 4) is 0 Å². The number of rotatable bonds is 3. The van der Waals surface area contributed by atoms with E-state index in [1.807, 2.05) is 0 Å². The third kappa shape index (κ3) is 2.89. The first-order valence-corrected chi connectivity index (χ1v) is 8.82. The Balaban J connectivity index is 2.71. The highest BCUT2D eigenvalue weighted by Gasteiger charge is 2.56. The molecule has 1 saturated carbocycles. The van der Waals surface area contributed by atoms with Gasteiger partial charge in [0.25, 0.3) is 0 Å². The smallest absolute Gasteiger partial charge is 0.319 e. The molecule has 1 fully saturated rings. The molecule has 0 amide bonds. The van der Waals surface area contributed by atoms with Crippen LogP contribution >= 0.6 is 0 Å². The fourth-order valence-electron chi connectivity index (χ4n) is 4.70.